The number of allylic oxidation sites excluding steroid dienone is 1. The second-order valence-corrected chi connectivity index (χ2v) is 3.40. The number of hydrogen-bond acceptors (Lipinski definition) is 1. The molecule has 1 N–H and O–H groups in total. The zero-order valence-electron chi connectivity index (χ0n) is 11.0. The van der Waals surface area contributed by atoms with Gasteiger partial charge >= 0.3 is 37.3 Å². The standard InChI is InChI=1S/C12H11F3NO.CH2N.U/c1-3-8(2)11(17)16-10-6-4-9(5-7-10)12(13,14)15;1-2;/h4-7H,1-2H3,(H,16,17);1H2;/q2*-1;+2. The topological polar surface area (TPSA) is 51.4 Å². The molecule has 1 rings (SSSR count). The summed E-state index contributed by atoms with van der Waals surface area (Å²) in [6.45, 7) is 5.40. The first-order chi connectivity index (χ1) is 8.84. The van der Waals surface area contributed by atoms with E-state index >= 15 is 0 Å². The number of carbonyl (C=O) groups excluding carboxylic acids is 1. The minimum absolute atomic E-state index is 0. The van der Waals surface area contributed by atoms with Gasteiger partial charge in [0.2, 0.25) is 0 Å². The Kier molecular flexibility index (Phi) is 10.4. The zero-order valence-corrected chi connectivity index (χ0v) is 15.2. The molecule has 0 atom stereocenters. The first-order valence-corrected chi connectivity index (χ1v) is 5.16. The first kappa shape index (κ1) is 21.2. The van der Waals surface area contributed by atoms with E-state index in [9.17, 15) is 18.0 Å². The maximum atomic E-state index is 12.3. The van der Waals surface area contributed by atoms with Gasteiger partial charge in [-0.3, -0.25) is 6.08 Å². The number of nitrogens with one attached hydrogen (secondary N) is 1. The van der Waals surface area contributed by atoms with Gasteiger partial charge in [0.15, 0.2) is 0 Å². The van der Waals surface area contributed by atoms with Gasteiger partial charge in [-0.15, -0.1) is 6.92 Å². The summed E-state index contributed by atoms with van der Waals surface area (Å²) in [5.74, 6) is -0.382. The van der Waals surface area contributed by atoms with Crippen molar-refractivity contribution in [2.75, 3.05) is 5.32 Å². The minimum Gasteiger partial charge on any atom is -0.817 e. The van der Waals surface area contributed by atoms with E-state index in [2.05, 4.69) is 18.1 Å². The molecule has 1 amide bonds. The molecule has 0 fully saturated rings. The van der Waals surface area contributed by atoms with Crippen molar-refractivity contribution in [3.8, 4) is 0 Å². The fourth-order valence-corrected chi connectivity index (χ4v) is 1.08. The Morgan fingerprint density at radius 3 is 2.05 bits per heavy atom. The van der Waals surface area contributed by atoms with Crippen LogP contribution in [-0.4, -0.2) is 12.6 Å². The third-order valence-electron chi connectivity index (χ3n) is 2.19. The van der Waals surface area contributed by atoms with Gasteiger partial charge in [-0.2, -0.15) is 18.7 Å². The second kappa shape index (κ2) is 9.78. The third-order valence-corrected chi connectivity index (χ3v) is 2.19. The van der Waals surface area contributed by atoms with Crippen molar-refractivity contribution in [1.82, 2.24) is 0 Å². The maximum Gasteiger partial charge on any atom is 2.00 e. The average molecular weight is 508 g/mol. The number of carbonyl (C=O) groups is 1. The van der Waals surface area contributed by atoms with E-state index in [1.54, 1.807) is 13.8 Å². The Labute approximate surface area is 139 Å². The van der Waals surface area contributed by atoms with E-state index in [1.807, 2.05) is 0 Å². The van der Waals surface area contributed by atoms with Crippen molar-refractivity contribution in [2.24, 2.45) is 0 Å². The number of halogens is 3. The molecule has 0 aromatic heterocycles. The first-order valence-electron chi connectivity index (χ1n) is 5.16. The van der Waals surface area contributed by atoms with Crippen molar-refractivity contribution in [1.29, 1.82) is 0 Å². The van der Waals surface area contributed by atoms with E-state index < -0.39 is 11.7 Å². The SMILES string of the molecule is C=[N-].C[C-]=C(C)C(=O)Nc1ccc(C(F)(F)F)cc1.[U+2]. The number of alkyl halides is 3. The molecule has 0 radical (unpaired) electrons. The monoisotopic (exact) mass is 508 g/mol. The Hall–Kier alpha value is -1.06. The van der Waals surface area contributed by atoms with Crippen LogP contribution in [0.5, 0.6) is 0 Å². The molecule has 0 spiro atoms. The molecular weight excluding hydrogens is 495 g/mol. The minimum atomic E-state index is -4.37. The Morgan fingerprint density at radius 2 is 1.70 bits per heavy atom. The van der Waals surface area contributed by atoms with Gasteiger partial charge in [0.25, 0.3) is 0 Å². The summed E-state index contributed by atoms with van der Waals surface area (Å²) in [4.78, 5) is 11.4. The molecule has 3 nitrogen and oxygen atoms in total. The zero-order chi connectivity index (χ0) is 15.1. The molecule has 20 heavy (non-hydrogen) atoms. The van der Waals surface area contributed by atoms with E-state index in [1.165, 1.54) is 12.1 Å². The summed E-state index contributed by atoms with van der Waals surface area (Å²) in [6, 6.07) is 4.27. The smallest absolute Gasteiger partial charge is 0.817 e. The Bertz CT molecular complexity index is 456. The van der Waals surface area contributed by atoms with Crippen molar-refractivity contribution < 1.29 is 49.1 Å². The molecule has 0 unspecified atom stereocenters. The Balaban J connectivity index is 0. The summed E-state index contributed by atoms with van der Waals surface area (Å²) < 4.78 is 36.8. The van der Waals surface area contributed by atoms with Crippen LogP contribution >= 0.6 is 0 Å². The largest absolute Gasteiger partial charge is 2.00 e. The molecule has 0 saturated carbocycles. The molecular formula is C13H13F3N2OU. The summed E-state index contributed by atoms with van der Waals surface area (Å²) in [5, 5.41) is 9.22. The summed E-state index contributed by atoms with van der Waals surface area (Å²) in [5.41, 5.74) is -0.0488. The van der Waals surface area contributed by atoms with Gasteiger partial charge in [-0.1, -0.05) is 6.92 Å². The van der Waals surface area contributed by atoms with Crippen LogP contribution < -0.4 is 5.32 Å². The van der Waals surface area contributed by atoms with Crippen LogP contribution in [0, 0.1) is 37.2 Å². The number of benzene rings is 1. The maximum absolute atomic E-state index is 12.3. The van der Waals surface area contributed by atoms with Gasteiger partial charge in [0, 0.05) is 5.69 Å². The van der Waals surface area contributed by atoms with Crippen LogP contribution in [0.2, 0.25) is 0 Å². The van der Waals surface area contributed by atoms with Gasteiger partial charge in [0.05, 0.1) is 11.5 Å². The normalized spacial score (nSPS) is 10.8. The van der Waals surface area contributed by atoms with E-state index in [0.717, 1.165) is 12.1 Å². The van der Waals surface area contributed by atoms with Gasteiger partial charge < -0.3 is 15.5 Å². The van der Waals surface area contributed by atoms with Crippen molar-refractivity contribution in [3.05, 3.63) is 46.9 Å². The fourth-order valence-electron chi connectivity index (χ4n) is 1.08. The average Bonchev–Trinajstić information content (AvgIpc) is 2.39. The molecule has 0 saturated heterocycles. The number of nitrogens with zero attached hydrogens (tertiary/aromatic N) is 1. The van der Waals surface area contributed by atoms with Crippen molar-refractivity contribution in [2.45, 2.75) is 20.0 Å². The third kappa shape index (κ3) is 6.92. The van der Waals surface area contributed by atoms with Crippen LogP contribution in [-0.2, 0) is 11.0 Å². The van der Waals surface area contributed by atoms with Crippen LogP contribution in [0.15, 0.2) is 29.8 Å². The van der Waals surface area contributed by atoms with Gasteiger partial charge in [-0.25, -0.2) is 6.72 Å². The molecule has 0 aliphatic carbocycles. The quantitative estimate of drug-likeness (QED) is 0.370. The number of anilines is 1. The predicted molar refractivity (Wildman–Crippen MR) is 68.7 cm³/mol. The van der Waals surface area contributed by atoms with Crippen LogP contribution in [0.3, 0.4) is 0 Å². The number of amides is 1. The number of rotatable bonds is 2. The number of hydrogen-bond donors (Lipinski definition) is 1. The van der Waals surface area contributed by atoms with E-state index in [4.69, 9.17) is 5.41 Å². The van der Waals surface area contributed by atoms with Crippen molar-refractivity contribution in [3.63, 3.8) is 0 Å². The molecule has 0 aliphatic heterocycles. The molecule has 1 aromatic carbocycles. The molecule has 1 aromatic rings. The van der Waals surface area contributed by atoms with E-state index in [0.29, 0.717) is 11.3 Å². The van der Waals surface area contributed by atoms with Gasteiger partial charge in [0.1, 0.15) is 0 Å². The van der Waals surface area contributed by atoms with Crippen molar-refractivity contribution >= 4 is 18.3 Å². The van der Waals surface area contributed by atoms with Crippen LogP contribution in [0.4, 0.5) is 18.9 Å². The summed E-state index contributed by atoms with van der Waals surface area (Å²) in [7, 11) is 0. The molecule has 0 heterocycles. The van der Waals surface area contributed by atoms with E-state index in [-0.39, 0.29) is 37.0 Å². The second-order valence-electron chi connectivity index (χ2n) is 3.40. The molecule has 106 valence electrons. The Morgan fingerprint density at radius 1 is 1.25 bits per heavy atom. The molecule has 7 heteroatoms. The molecule has 0 aliphatic rings. The van der Waals surface area contributed by atoms with Gasteiger partial charge in [-0.05, 0) is 24.3 Å². The van der Waals surface area contributed by atoms with Crippen LogP contribution in [0.25, 0.3) is 5.41 Å². The fraction of sp³-hybridized carbons (Fsp3) is 0.231. The predicted octanol–water partition coefficient (Wildman–Crippen LogP) is 3.67. The van der Waals surface area contributed by atoms with Crippen LogP contribution in [0.1, 0.15) is 19.4 Å². The summed E-state index contributed by atoms with van der Waals surface area (Å²) in [6.07, 6.45) is -1.72. The molecule has 0 bridgehead atoms. The summed E-state index contributed by atoms with van der Waals surface area (Å²) >= 11 is 0.